The average molecular weight is 358 g/mol. The Morgan fingerprint density at radius 2 is 2.16 bits per heavy atom. The number of hydrogen-bond donors (Lipinski definition) is 1. The first kappa shape index (κ1) is 16.7. The molecular weight excluding hydrogens is 336 g/mol. The van der Waals surface area contributed by atoms with Crippen LogP contribution in [0.1, 0.15) is 17.3 Å². The largest absolute Gasteiger partial charge is 0.424 e. The zero-order valence-corrected chi connectivity index (χ0v) is 15.2. The molecule has 0 amide bonds. The van der Waals surface area contributed by atoms with Gasteiger partial charge in [0, 0.05) is 37.3 Å². The highest BCUT2D eigenvalue weighted by atomic mass is 32.1. The molecule has 132 valence electrons. The lowest BCUT2D eigenvalue weighted by Gasteiger charge is -2.25. The lowest BCUT2D eigenvalue weighted by Crippen LogP contribution is -2.40. The minimum atomic E-state index is -0.376. The van der Waals surface area contributed by atoms with Gasteiger partial charge in [0.15, 0.2) is 0 Å². The van der Waals surface area contributed by atoms with Gasteiger partial charge in [-0.1, -0.05) is 18.2 Å². The Morgan fingerprint density at radius 3 is 2.96 bits per heavy atom. The number of fused-ring (bicyclic) bond motifs is 1. The zero-order chi connectivity index (χ0) is 17.4. The van der Waals surface area contributed by atoms with Crippen LogP contribution in [0, 0.1) is 6.92 Å². The molecule has 1 aliphatic heterocycles. The van der Waals surface area contributed by atoms with Crippen molar-refractivity contribution in [3.8, 4) is 0 Å². The molecule has 0 unspecified atom stereocenters. The van der Waals surface area contributed by atoms with Crippen LogP contribution in [-0.2, 0) is 13.1 Å². The molecule has 1 saturated heterocycles. The molecule has 1 N–H and O–H groups in total. The van der Waals surface area contributed by atoms with Crippen molar-refractivity contribution < 1.29 is 9.52 Å². The summed E-state index contributed by atoms with van der Waals surface area (Å²) in [6.45, 7) is 4.72. The highest BCUT2D eigenvalue weighted by molar-refractivity contribution is 7.17. The number of nitrogens with zero attached hydrogens (tertiary/aromatic N) is 4. The van der Waals surface area contributed by atoms with E-state index in [1.165, 1.54) is 15.6 Å². The first-order valence-electron chi connectivity index (χ1n) is 8.45. The molecule has 2 atom stereocenters. The highest BCUT2D eigenvalue weighted by Crippen LogP contribution is 2.28. The maximum absolute atomic E-state index is 10.5. The fourth-order valence-corrected chi connectivity index (χ4v) is 4.49. The molecule has 0 spiro atoms. The summed E-state index contributed by atoms with van der Waals surface area (Å²) < 4.78 is 6.77. The summed E-state index contributed by atoms with van der Waals surface area (Å²) in [5, 5.41) is 22.0. The van der Waals surface area contributed by atoms with Crippen molar-refractivity contribution >= 4 is 21.4 Å². The summed E-state index contributed by atoms with van der Waals surface area (Å²) in [6.07, 6.45) is -0.376. The zero-order valence-electron chi connectivity index (χ0n) is 14.4. The molecule has 0 radical (unpaired) electrons. The Kier molecular flexibility index (Phi) is 4.56. The van der Waals surface area contributed by atoms with Gasteiger partial charge in [-0.2, -0.15) is 0 Å². The van der Waals surface area contributed by atoms with Crippen LogP contribution in [0.3, 0.4) is 0 Å². The normalized spacial score (nSPS) is 21.6. The number of rotatable bonds is 5. The second-order valence-electron chi connectivity index (χ2n) is 6.72. The van der Waals surface area contributed by atoms with Crippen molar-refractivity contribution in [3.63, 3.8) is 0 Å². The third kappa shape index (κ3) is 3.46. The Hall–Kier alpha value is -1.80. The number of likely N-dealkylation sites (tertiary alicyclic amines) is 1. The number of benzene rings is 1. The Labute approximate surface area is 150 Å². The molecule has 3 heterocycles. The number of β-amino-alcohol motifs (C(OH)–C–C–N with tert-alkyl or cyclic N) is 1. The van der Waals surface area contributed by atoms with Crippen LogP contribution in [0.4, 0.5) is 0 Å². The van der Waals surface area contributed by atoms with Crippen LogP contribution in [-0.4, -0.2) is 57.4 Å². The lowest BCUT2D eigenvalue weighted by molar-refractivity contribution is 0.0899. The molecule has 7 heteroatoms. The molecular formula is C18H22N4O2S. The van der Waals surface area contributed by atoms with E-state index in [9.17, 15) is 5.11 Å². The SMILES string of the molecule is Cc1nnc(CN(C)[C@H]2CN(Cc3csc4ccccc34)C[C@H]2O)o1. The van der Waals surface area contributed by atoms with Crippen LogP contribution in [0.25, 0.3) is 10.1 Å². The molecule has 25 heavy (non-hydrogen) atoms. The van der Waals surface area contributed by atoms with Gasteiger partial charge in [-0.25, -0.2) is 0 Å². The predicted molar refractivity (Wildman–Crippen MR) is 97.4 cm³/mol. The summed E-state index contributed by atoms with van der Waals surface area (Å²) in [6, 6.07) is 8.56. The minimum Gasteiger partial charge on any atom is -0.424 e. The van der Waals surface area contributed by atoms with Crippen LogP contribution in [0.2, 0.25) is 0 Å². The Balaban J connectivity index is 1.42. The van der Waals surface area contributed by atoms with Gasteiger partial charge in [0.25, 0.3) is 0 Å². The number of aliphatic hydroxyl groups is 1. The van der Waals surface area contributed by atoms with Gasteiger partial charge >= 0.3 is 0 Å². The van der Waals surface area contributed by atoms with Crippen molar-refractivity contribution in [2.75, 3.05) is 20.1 Å². The summed E-state index contributed by atoms with van der Waals surface area (Å²) in [7, 11) is 2.00. The van der Waals surface area contributed by atoms with Gasteiger partial charge in [0.2, 0.25) is 11.8 Å². The standard InChI is InChI=1S/C18H22N4O2S/c1-12-19-20-18(24-12)10-21(2)15-8-22(9-16(15)23)7-13-11-25-17-6-4-3-5-14(13)17/h3-6,11,15-16,23H,7-10H2,1-2H3/t15-,16+/m0/s1. The lowest BCUT2D eigenvalue weighted by atomic mass is 10.2. The van der Waals surface area contributed by atoms with Gasteiger partial charge in [-0.3, -0.25) is 9.80 Å². The predicted octanol–water partition coefficient (Wildman–Crippen LogP) is 2.27. The molecule has 2 aromatic heterocycles. The average Bonchev–Trinajstić information content (AvgIpc) is 3.28. The third-order valence-corrected chi connectivity index (χ3v) is 5.82. The number of hydrogen-bond acceptors (Lipinski definition) is 7. The van der Waals surface area contributed by atoms with Gasteiger partial charge in [0.1, 0.15) is 0 Å². The van der Waals surface area contributed by atoms with E-state index in [-0.39, 0.29) is 12.1 Å². The summed E-state index contributed by atoms with van der Waals surface area (Å²) in [4.78, 5) is 4.42. The van der Waals surface area contributed by atoms with Crippen LogP contribution in [0.15, 0.2) is 34.1 Å². The molecule has 1 fully saturated rings. The number of aromatic nitrogens is 2. The van der Waals surface area contributed by atoms with Crippen molar-refractivity contribution in [1.29, 1.82) is 0 Å². The quantitative estimate of drug-likeness (QED) is 0.755. The fraction of sp³-hybridized carbons (Fsp3) is 0.444. The molecule has 6 nitrogen and oxygen atoms in total. The smallest absolute Gasteiger partial charge is 0.230 e. The van der Waals surface area contributed by atoms with E-state index in [0.717, 1.165) is 13.1 Å². The molecule has 0 aliphatic carbocycles. The number of aliphatic hydroxyl groups excluding tert-OH is 1. The van der Waals surface area contributed by atoms with Crippen molar-refractivity contribution in [2.24, 2.45) is 0 Å². The maximum atomic E-state index is 10.5. The van der Waals surface area contributed by atoms with E-state index in [1.54, 1.807) is 18.3 Å². The van der Waals surface area contributed by atoms with E-state index < -0.39 is 0 Å². The second kappa shape index (κ2) is 6.84. The van der Waals surface area contributed by atoms with Crippen molar-refractivity contribution in [2.45, 2.75) is 32.2 Å². The molecule has 4 rings (SSSR count). The van der Waals surface area contributed by atoms with Gasteiger partial charge in [-0.05, 0) is 29.4 Å². The van der Waals surface area contributed by atoms with E-state index in [0.29, 0.717) is 24.9 Å². The number of likely N-dealkylation sites (N-methyl/N-ethyl adjacent to an activating group) is 1. The Bertz CT molecular complexity index is 862. The maximum Gasteiger partial charge on any atom is 0.230 e. The third-order valence-electron chi connectivity index (χ3n) is 4.81. The number of aryl methyl sites for hydroxylation is 1. The van der Waals surface area contributed by atoms with Gasteiger partial charge in [-0.15, -0.1) is 21.5 Å². The molecule has 0 saturated carbocycles. The number of thiophene rings is 1. The molecule has 0 bridgehead atoms. The van der Waals surface area contributed by atoms with E-state index >= 15 is 0 Å². The van der Waals surface area contributed by atoms with E-state index in [4.69, 9.17) is 4.42 Å². The Morgan fingerprint density at radius 1 is 1.32 bits per heavy atom. The molecule has 3 aromatic rings. The van der Waals surface area contributed by atoms with Crippen LogP contribution < -0.4 is 0 Å². The first-order valence-corrected chi connectivity index (χ1v) is 9.33. The summed E-state index contributed by atoms with van der Waals surface area (Å²) >= 11 is 1.78. The second-order valence-corrected chi connectivity index (χ2v) is 7.63. The monoisotopic (exact) mass is 358 g/mol. The summed E-state index contributed by atoms with van der Waals surface area (Å²) in [5.74, 6) is 1.16. The topological polar surface area (TPSA) is 65.6 Å². The van der Waals surface area contributed by atoms with Crippen LogP contribution >= 0.6 is 11.3 Å². The fourth-order valence-electron chi connectivity index (χ4n) is 3.54. The van der Waals surface area contributed by atoms with Crippen molar-refractivity contribution in [3.05, 3.63) is 47.0 Å². The molecule has 1 aromatic carbocycles. The summed E-state index contributed by atoms with van der Waals surface area (Å²) in [5.41, 5.74) is 1.34. The molecule has 1 aliphatic rings. The van der Waals surface area contributed by atoms with Crippen LogP contribution in [0.5, 0.6) is 0 Å². The van der Waals surface area contributed by atoms with Gasteiger partial charge in [0.05, 0.1) is 12.6 Å². The van der Waals surface area contributed by atoms with E-state index in [2.05, 4.69) is 49.6 Å². The van der Waals surface area contributed by atoms with Crippen molar-refractivity contribution in [1.82, 2.24) is 20.0 Å². The minimum absolute atomic E-state index is 0.0668. The first-order chi connectivity index (χ1) is 12.1. The van der Waals surface area contributed by atoms with Gasteiger partial charge < -0.3 is 9.52 Å². The highest BCUT2D eigenvalue weighted by Gasteiger charge is 2.34. The van der Waals surface area contributed by atoms with E-state index in [1.807, 2.05) is 7.05 Å².